The second-order valence-corrected chi connectivity index (χ2v) is 5.87. The Hall–Kier alpha value is -2.07. The predicted molar refractivity (Wildman–Crippen MR) is 82.7 cm³/mol. The van der Waals surface area contributed by atoms with E-state index in [-0.39, 0.29) is 6.10 Å². The van der Waals surface area contributed by atoms with Crippen LogP contribution in [0.1, 0.15) is 5.56 Å². The first-order chi connectivity index (χ1) is 9.90. The number of anilines is 1. The van der Waals surface area contributed by atoms with E-state index in [1.807, 2.05) is 24.4 Å². The average Bonchev–Trinajstić information content (AvgIpc) is 3.11. The van der Waals surface area contributed by atoms with Gasteiger partial charge >= 0.3 is 0 Å². The van der Waals surface area contributed by atoms with Crippen LogP contribution in [0.2, 0.25) is 0 Å². The van der Waals surface area contributed by atoms with Crippen LogP contribution in [0.5, 0.6) is 5.75 Å². The zero-order chi connectivity index (χ0) is 13.4. The number of nitrogens with zero attached hydrogens (tertiary/aromatic N) is 1. The van der Waals surface area contributed by atoms with Gasteiger partial charge in [0.05, 0.1) is 6.54 Å². The number of hydrogen-bond donors (Lipinski definition) is 1. The van der Waals surface area contributed by atoms with Crippen LogP contribution in [0.3, 0.4) is 0 Å². The van der Waals surface area contributed by atoms with Gasteiger partial charge in [0.2, 0.25) is 0 Å². The number of thiophene rings is 1. The predicted octanol–water partition coefficient (Wildman–Crippen LogP) is 3.71. The molecule has 0 spiro atoms. The first kappa shape index (κ1) is 11.7. The summed E-state index contributed by atoms with van der Waals surface area (Å²) in [7, 11) is 0. The van der Waals surface area contributed by atoms with Crippen molar-refractivity contribution in [2.45, 2.75) is 12.5 Å². The first-order valence-electron chi connectivity index (χ1n) is 6.71. The van der Waals surface area contributed by atoms with Gasteiger partial charge in [0.25, 0.3) is 0 Å². The van der Waals surface area contributed by atoms with Crippen molar-refractivity contribution in [1.29, 1.82) is 0 Å². The van der Waals surface area contributed by atoms with Crippen LogP contribution >= 0.6 is 11.3 Å². The van der Waals surface area contributed by atoms with E-state index >= 15 is 0 Å². The van der Waals surface area contributed by atoms with E-state index in [1.54, 1.807) is 11.3 Å². The lowest BCUT2D eigenvalue weighted by molar-refractivity contribution is 0.246. The van der Waals surface area contributed by atoms with Crippen LogP contribution in [0.15, 0.2) is 48.0 Å². The maximum absolute atomic E-state index is 5.93. The molecular weight excluding hydrogens is 268 g/mol. The molecule has 0 bridgehead atoms. The Labute approximate surface area is 121 Å². The van der Waals surface area contributed by atoms with Crippen LogP contribution in [-0.2, 0) is 6.42 Å². The van der Waals surface area contributed by atoms with Gasteiger partial charge in [0, 0.05) is 22.7 Å². The van der Waals surface area contributed by atoms with E-state index in [4.69, 9.17) is 4.74 Å². The molecule has 1 aromatic carbocycles. The summed E-state index contributed by atoms with van der Waals surface area (Å²) in [6, 6.07) is 12.4. The number of nitrogens with one attached hydrogen (secondary N) is 1. The molecule has 3 heterocycles. The molecule has 4 rings (SSSR count). The van der Waals surface area contributed by atoms with Crippen molar-refractivity contribution < 1.29 is 4.74 Å². The smallest absolute Gasteiger partial charge is 0.134 e. The summed E-state index contributed by atoms with van der Waals surface area (Å²) in [5, 5.41) is 6.71. The topological polar surface area (TPSA) is 34.2 Å². The number of pyridine rings is 1. The number of ether oxygens (including phenoxy) is 1. The largest absolute Gasteiger partial charge is 0.488 e. The maximum Gasteiger partial charge on any atom is 0.134 e. The Kier molecular flexibility index (Phi) is 2.81. The Bertz CT molecular complexity index is 728. The molecule has 0 aliphatic carbocycles. The summed E-state index contributed by atoms with van der Waals surface area (Å²) in [6.45, 7) is 0.774. The fraction of sp³-hybridized carbons (Fsp3) is 0.188. The third kappa shape index (κ3) is 2.02. The molecule has 3 nitrogen and oxygen atoms in total. The van der Waals surface area contributed by atoms with Gasteiger partial charge in [-0.15, -0.1) is 11.3 Å². The van der Waals surface area contributed by atoms with E-state index in [2.05, 4.69) is 33.9 Å². The Morgan fingerprint density at radius 1 is 1.25 bits per heavy atom. The molecule has 2 aromatic heterocycles. The molecule has 1 aliphatic rings. The minimum atomic E-state index is 0.183. The van der Waals surface area contributed by atoms with Crippen LogP contribution in [0.25, 0.3) is 10.1 Å². The Morgan fingerprint density at radius 2 is 2.20 bits per heavy atom. The van der Waals surface area contributed by atoms with E-state index in [0.717, 1.165) is 24.5 Å². The molecule has 1 N–H and O–H groups in total. The first-order valence-corrected chi connectivity index (χ1v) is 7.59. The molecule has 4 heteroatoms. The molecule has 0 radical (unpaired) electrons. The molecular formula is C16H14N2OS. The zero-order valence-corrected chi connectivity index (χ0v) is 11.7. The van der Waals surface area contributed by atoms with E-state index in [9.17, 15) is 0 Å². The number of benzene rings is 1. The van der Waals surface area contributed by atoms with Crippen LogP contribution in [0, 0.1) is 0 Å². The Balaban J connectivity index is 1.48. The maximum atomic E-state index is 5.93. The number of hydrogen-bond acceptors (Lipinski definition) is 4. The third-order valence-corrected chi connectivity index (χ3v) is 4.47. The standard InChI is InChI=1S/C16H14N2OS/c1-2-4-14-11(3-1)9-12(19-14)10-18-16-13-6-8-20-15(13)5-7-17-16/h1-8,12H,9-10H2,(H,17,18). The van der Waals surface area contributed by atoms with Crippen molar-refractivity contribution in [1.82, 2.24) is 4.98 Å². The summed E-state index contributed by atoms with van der Waals surface area (Å²) >= 11 is 1.74. The van der Waals surface area contributed by atoms with Gasteiger partial charge in [-0.1, -0.05) is 18.2 Å². The van der Waals surface area contributed by atoms with Crippen LogP contribution in [-0.4, -0.2) is 17.6 Å². The molecule has 3 aromatic rings. The van der Waals surface area contributed by atoms with Gasteiger partial charge in [0.1, 0.15) is 17.7 Å². The second kappa shape index (κ2) is 4.80. The average molecular weight is 282 g/mol. The monoisotopic (exact) mass is 282 g/mol. The molecule has 0 amide bonds. The van der Waals surface area contributed by atoms with Crippen LogP contribution in [0.4, 0.5) is 5.82 Å². The van der Waals surface area contributed by atoms with Gasteiger partial charge in [-0.3, -0.25) is 0 Å². The number of fused-ring (bicyclic) bond motifs is 2. The van der Waals surface area contributed by atoms with Crippen molar-refractivity contribution in [3.05, 3.63) is 53.5 Å². The Morgan fingerprint density at radius 3 is 3.15 bits per heavy atom. The zero-order valence-electron chi connectivity index (χ0n) is 10.9. The van der Waals surface area contributed by atoms with Crippen molar-refractivity contribution in [3.8, 4) is 5.75 Å². The molecule has 20 heavy (non-hydrogen) atoms. The molecule has 1 aliphatic heterocycles. The quantitative estimate of drug-likeness (QED) is 0.795. The third-order valence-electron chi connectivity index (χ3n) is 3.59. The van der Waals surface area contributed by atoms with Gasteiger partial charge in [-0.05, 0) is 29.1 Å². The molecule has 1 unspecified atom stereocenters. The minimum Gasteiger partial charge on any atom is -0.488 e. The SMILES string of the molecule is c1ccc2c(c1)CC(CNc1nccc3sccc13)O2. The highest BCUT2D eigenvalue weighted by atomic mass is 32.1. The molecule has 0 fully saturated rings. The highest BCUT2D eigenvalue weighted by Crippen LogP contribution is 2.29. The molecule has 100 valence electrons. The summed E-state index contributed by atoms with van der Waals surface area (Å²) in [5.41, 5.74) is 1.29. The van der Waals surface area contributed by atoms with Crippen LogP contribution < -0.4 is 10.1 Å². The van der Waals surface area contributed by atoms with Crippen molar-refractivity contribution >= 4 is 27.2 Å². The fourth-order valence-electron chi connectivity index (χ4n) is 2.61. The summed E-state index contributed by atoms with van der Waals surface area (Å²) in [4.78, 5) is 4.43. The summed E-state index contributed by atoms with van der Waals surface area (Å²) < 4.78 is 7.20. The van der Waals surface area contributed by atoms with E-state index in [0.29, 0.717) is 0 Å². The van der Waals surface area contributed by atoms with E-state index < -0.39 is 0 Å². The molecule has 0 saturated heterocycles. The van der Waals surface area contributed by atoms with Crippen molar-refractivity contribution in [3.63, 3.8) is 0 Å². The van der Waals surface area contributed by atoms with Gasteiger partial charge in [0.15, 0.2) is 0 Å². The lowest BCUT2D eigenvalue weighted by atomic mass is 10.1. The lowest BCUT2D eigenvalue weighted by Crippen LogP contribution is -2.24. The highest BCUT2D eigenvalue weighted by molar-refractivity contribution is 7.17. The lowest BCUT2D eigenvalue weighted by Gasteiger charge is -2.12. The highest BCUT2D eigenvalue weighted by Gasteiger charge is 2.22. The normalized spacial score (nSPS) is 16.9. The van der Waals surface area contributed by atoms with Crippen molar-refractivity contribution in [2.75, 3.05) is 11.9 Å². The second-order valence-electron chi connectivity index (χ2n) is 4.92. The van der Waals surface area contributed by atoms with Gasteiger partial charge in [-0.25, -0.2) is 4.98 Å². The summed E-state index contributed by atoms with van der Waals surface area (Å²) in [5.74, 6) is 1.96. The van der Waals surface area contributed by atoms with Gasteiger partial charge in [-0.2, -0.15) is 0 Å². The van der Waals surface area contributed by atoms with E-state index in [1.165, 1.54) is 15.6 Å². The fourth-order valence-corrected chi connectivity index (χ4v) is 3.40. The minimum absolute atomic E-state index is 0.183. The van der Waals surface area contributed by atoms with Crippen molar-refractivity contribution in [2.24, 2.45) is 0 Å². The summed E-state index contributed by atoms with van der Waals surface area (Å²) in [6.07, 6.45) is 3.00. The number of rotatable bonds is 3. The molecule has 1 atom stereocenters. The van der Waals surface area contributed by atoms with Gasteiger partial charge < -0.3 is 10.1 Å². The molecule has 0 saturated carbocycles. The number of aromatic nitrogens is 1. The number of para-hydroxylation sites is 1.